The third kappa shape index (κ3) is 3.98. The largest absolute Gasteiger partial charge is 0.299 e. The summed E-state index contributed by atoms with van der Waals surface area (Å²) in [5.74, 6) is 6.11. The van der Waals surface area contributed by atoms with Crippen molar-refractivity contribution in [2.45, 2.75) is 0 Å². The highest BCUT2D eigenvalue weighted by Crippen LogP contribution is 2.08. The summed E-state index contributed by atoms with van der Waals surface area (Å²) in [4.78, 5) is 2.03. The van der Waals surface area contributed by atoms with Crippen LogP contribution in [-0.2, 0) is 0 Å². The molecule has 0 spiro atoms. The predicted molar refractivity (Wildman–Crippen MR) is 56.9 cm³/mol. The molecule has 0 aliphatic rings. The van der Waals surface area contributed by atoms with E-state index in [2.05, 4.69) is 11.8 Å². The van der Waals surface area contributed by atoms with E-state index >= 15 is 0 Å². The minimum absolute atomic E-state index is 0.748. The molecule has 0 aliphatic heterocycles. The zero-order valence-corrected chi connectivity index (χ0v) is 8.60. The molecule has 0 fully saturated rings. The van der Waals surface area contributed by atoms with E-state index in [9.17, 15) is 0 Å². The average molecular weight is 194 g/mol. The molecule has 0 saturated carbocycles. The van der Waals surface area contributed by atoms with Crippen LogP contribution in [0, 0.1) is 11.8 Å². The first-order valence-corrected chi connectivity index (χ1v) is 4.45. The van der Waals surface area contributed by atoms with Crippen LogP contribution in [0.25, 0.3) is 0 Å². The summed E-state index contributed by atoms with van der Waals surface area (Å²) in [5.41, 5.74) is 1.01. The zero-order chi connectivity index (χ0) is 9.68. The van der Waals surface area contributed by atoms with Crippen molar-refractivity contribution in [3.05, 3.63) is 34.9 Å². The first-order valence-electron chi connectivity index (χ1n) is 4.07. The number of halogens is 1. The number of hydrogen-bond acceptors (Lipinski definition) is 1. The van der Waals surface area contributed by atoms with Crippen LogP contribution in [0.3, 0.4) is 0 Å². The molecule has 13 heavy (non-hydrogen) atoms. The number of hydrogen-bond donors (Lipinski definition) is 0. The van der Waals surface area contributed by atoms with Gasteiger partial charge in [0.2, 0.25) is 0 Å². The second kappa shape index (κ2) is 4.91. The Balaban J connectivity index is 2.62. The van der Waals surface area contributed by atoms with Crippen molar-refractivity contribution in [1.82, 2.24) is 4.90 Å². The van der Waals surface area contributed by atoms with Crippen LogP contribution >= 0.6 is 11.6 Å². The Morgan fingerprint density at radius 2 is 1.85 bits per heavy atom. The minimum atomic E-state index is 0.748. The Labute approximate surface area is 84.3 Å². The maximum Gasteiger partial charge on any atom is 0.0600 e. The van der Waals surface area contributed by atoms with Crippen molar-refractivity contribution in [2.24, 2.45) is 0 Å². The monoisotopic (exact) mass is 193 g/mol. The molecule has 2 heteroatoms. The van der Waals surface area contributed by atoms with E-state index in [0.717, 1.165) is 17.1 Å². The molecular weight excluding hydrogens is 182 g/mol. The van der Waals surface area contributed by atoms with E-state index in [4.69, 9.17) is 11.6 Å². The molecule has 0 radical (unpaired) electrons. The van der Waals surface area contributed by atoms with Crippen molar-refractivity contribution in [1.29, 1.82) is 0 Å². The van der Waals surface area contributed by atoms with Gasteiger partial charge in [-0.1, -0.05) is 23.4 Å². The highest BCUT2D eigenvalue weighted by atomic mass is 35.5. The minimum Gasteiger partial charge on any atom is -0.299 e. The normalized spacial score (nSPS) is 9.54. The second-order valence-corrected chi connectivity index (χ2v) is 3.48. The Kier molecular flexibility index (Phi) is 3.82. The van der Waals surface area contributed by atoms with Gasteiger partial charge in [0.15, 0.2) is 0 Å². The van der Waals surface area contributed by atoms with Crippen molar-refractivity contribution in [3.8, 4) is 11.8 Å². The maximum atomic E-state index is 5.74. The molecule has 1 aromatic carbocycles. The van der Waals surface area contributed by atoms with Gasteiger partial charge in [0.05, 0.1) is 6.54 Å². The molecule has 1 aromatic rings. The third-order valence-corrected chi connectivity index (χ3v) is 1.72. The molecule has 0 aromatic heterocycles. The van der Waals surface area contributed by atoms with Crippen molar-refractivity contribution >= 4 is 11.6 Å². The van der Waals surface area contributed by atoms with Crippen molar-refractivity contribution in [2.75, 3.05) is 20.6 Å². The molecule has 0 unspecified atom stereocenters. The fourth-order valence-corrected chi connectivity index (χ4v) is 0.959. The van der Waals surface area contributed by atoms with Crippen LogP contribution in [0.2, 0.25) is 5.02 Å². The van der Waals surface area contributed by atoms with E-state index in [-0.39, 0.29) is 0 Å². The van der Waals surface area contributed by atoms with Crippen LogP contribution < -0.4 is 0 Å². The molecule has 68 valence electrons. The van der Waals surface area contributed by atoms with Crippen molar-refractivity contribution in [3.63, 3.8) is 0 Å². The van der Waals surface area contributed by atoms with Crippen LogP contribution in [0.1, 0.15) is 5.56 Å². The third-order valence-electron chi connectivity index (χ3n) is 1.47. The quantitative estimate of drug-likeness (QED) is 0.619. The molecule has 1 rings (SSSR count). The summed E-state index contributed by atoms with van der Waals surface area (Å²) in [5, 5.41) is 0.748. The Morgan fingerprint density at radius 1 is 1.23 bits per heavy atom. The van der Waals surface area contributed by atoms with E-state index in [0.29, 0.717) is 0 Å². The Hall–Kier alpha value is -0.970. The van der Waals surface area contributed by atoms with Crippen LogP contribution in [-0.4, -0.2) is 25.5 Å². The van der Waals surface area contributed by atoms with Gasteiger partial charge in [0.25, 0.3) is 0 Å². The van der Waals surface area contributed by atoms with Gasteiger partial charge in [0, 0.05) is 10.6 Å². The molecule has 0 heterocycles. The first kappa shape index (κ1) is 10.1. The summed E-state index contributed by atoms with van der Waals surface area (Å²) < 4.78 is 0. The maximum absolute atomic E-state index is 5.74. The van der Waals surface area contributed by atoms with Gasteiger partial charge in [-0.05, 0) is 38.4 Å². The first-order chi connectivity index (χ1) is 6.18. The molecule has 0 aliphatic carbocycles. The van der Waals surface area contributed by atoms with E-state index in [1.165, 1.54) is 0 Å². The topological polar surface area (TPSA) is 3.24 Å². The van der Waals surface area contributed by atoms with Crippen LogP contribution in [0.4, 0.5) is 0 Å². The van der Waals surface area contributed by atoms with Gasteiger partial charge in [-0.15, -0.1) is 0 Å². The SMILES string of the molecule is CN(C)CC#Cc1ccc(Cl)cc1. The summed E-state index contributed by atoms with van der Waals surface area (Å²) >= 11 is 5.74. The van der Waals surface area contributed by atoms with Gasteiger partial charge in [-0.2, -0.15) is 0 Å². The lowest BCUT2D eigenvalue weighted by Crippen LogP contribution is -2.10. The molecule has 1 nitrogen and oxygen atoms in total. The summed E-state index contributed by atoms with van der Waals surface area (Å²) in [6.07, 6.45) is 0. The highest BCUT2D eigenvalue weighted by Gasteiger charge is 1.87. The molecule has 0 bridgehead atoms. The van der Waals surface area contributed by atoms with Gasteiger partial charge in [0.1, 0.15) is 0 Å². The van der Waals surface area contributed by atoms with Crippen molar-refractivity contribution < 1.29 is 0 Å². The van der Waals surface area contributed by atoms with Gasteiger partial charge in [-0.25, -0.2) is 0 Å². The molecule has 0 amide bonds. The van der Waals surface area contributed by atoms with E-state index < -0.39 is 0 Å². The zero-order valence-electron chi connectivity index (χ0n) is 7.84. The summed E-state index contributed by atoms with van der Waals surface area (Å²) in [6.45, 7) is 0.780. The lowest BCUT2D eigenvalue weighted by molar-refractivity contribution is 0.464. The van der Waals surface area contributed by atoms with E-state index in [1.807, 2.05) is 43.3 Å². The number of benzene rings is 1. The Bertz CT molecular complexity index is 316. The molecule has 0 atom stereocenters. The smallest absolute Gasteiger partial charge is 0.0600 e. The fraction of sp³-hybridized carbons (Fsp3) is 0.273. The molecule has 0 saturated heterocycles. The standard InChI is InChI=1S/C11H12ClN/c1-13(2)9-3-4-10-5-7-11(12)8-6-10/h5-8H,9H2,1-2H3. The van der Waals surface area contributed by atoms with Gasteiger partial charge < -0.3 is 0 Å². The number of nitrogens with zero attached hydrogens (tertiary/aromatic N) is 1. The highest BCUT2D eigenvalue weighted by molar-refractivity contribution is 6.30. The lowest BCUT2D eigenvalue weighted by Gasteiger charge is -2.00. The average Bonchev–Trinajstić information content (AvgIpc) is 2.08. The molecule has 0 N–H and O–H groups in total. The van der Waals surface area contributed by atoms with Gasteiger partial charge in [-0.3, -0.25) is 4.90 Å². The summed E-state index contributed by atoms with van der Waals surface area (Å²) in [7, 11) is 3.99. The molecular formula is C11H12ClN. The van der Waals surface area contributed by atoms with Gasteiger partial charge >= 0.3 is 0 Å². The fourth-order valence-electron chi connectivity index (χ4n) is 0.833. The number of rotatable bonds is 1. The predicted octanol–water partition coefficient (Wildman–Crippen LogP) is 2.25. The second-order valence-electron chi connectivity index (χ2n) is 3.05. The van der Waals surface area contributed by atoms with E-state index in [1.54, 1.807) is 0 Å². The summed E-state index contributed by atoms with van der Waals surface area (Å²) in [6, 6.07) is 7.54. The Morgan fingerprint density at radius 3 is 2.38 bits per heavy atom. The van der Waals surface area contributed by atoms with Crippen LogP contribution in [0.15, 0.2) is 24.3 Å². The van der Waals surface area contributed by atoms with Crippen LogP contribution in [0.5, 0.6) is 0 Å². The lowest BCUT2D eigenvalue weighted by atomic mass is 10.2.